The number of halogens is 2. The van der Waals surface area contributed by atoms with Crippen molar-refractivity contribution in [3.63, 3.8) is 0 Å². The van der Waals surface area contributed by atoms with Gasteiger partial charge in [0.05, 0.1) is 12.5 Å². The van der Waals surface area contributed by atoms with E-state index in [9.17, 15) is 17.8 Å². The molecule has 4 nitrogen and oxygen atoms in total. The SMILES string of the molecule is COC1=C(OS2(=O)=CC2(F)F)CCC(C=O)=C1. The van der Waals surface area contributed by atoms with Crippen LogP contribution in [0.1, 0.15) is 12.8 Å². The molecule has 0 radical (unpaired) electrons. The van der Waals surface area contributed by atoms with E-state index >= 15 is 0 Å². The van der Waals surface area contributed by atoms with E-state index in [2.05, 4.69) is 0 Å². The first-order chi connectivity index (χ1) is 7.92. The zero-order chi connectivity index (χ0) is 12.7. The third-order valence-electron chi connectivity index (χ3n) is 2.44. The van der Waals surface area contributed by atoms with Crippen LogP contribution in [0.2, 0.25) is 0 Å². The second-order valence-electron chi connectivity index (χ2n) is 3.64. The minimum atomic E-state index is -3.68. The number of allylic oxidation sites excluding steroid dienone is 3. The van der Waals surface area contributed by atoms with E-state index in [1.54, 1.807) is 0 Å². The van der Waals surface area contributed by atoms with E-state index in [4.69, 9.17) is 8.92 Å². The van der Waals surface area contributed by atoms with Crippen molar-refractivity contribution in [3.8, 4) is 0 Å². The molecular formula is C10H10F2O4S. The van der Waals surface area contributed by atoms with Crippen molar-refractivity contribution in [1.82, 2.24) is 0 Å². The van der Waals surface area contributed by atoms with Crippen molar-refractivity contribution in [2.45, 2.75) is 18.1 Å². The van der Waals surface area contributed by atoms with Crippen molar-refractivity contribution in [1.29, 1.82) is 0 Å². The van der Waals surface area contributed by atoms with Gasteiger partial charge >= 0.3 is 5.25 Å². The van der Waals surface area contributed by atoms with Gasteiger partial charge in [0.1, 0.15) is 6.29 Å². The molecule has 0 aromatic rings. The van der Waals surface area contributed by atoms with E-state index in [-0.39, 0.29) is 17.9 Å². The number of alkyl halides is 2. The lowest BCUT2D eigenvalue weighted by Crippen LogP contribution is -2.11. The highest BCUT2D eigenvalue weighted by Crippen LogP contribution is 2.39. The normalized spacial score (nSPS) is 30.2. The molecule has 0 saturated carbocycles. The third kappa shape index (κ3) is 2.06. The summed E-state index contributed by atoms with van der Waals surface area (Å²) in [6.07, 6.45) is 2.63. The average molecular weight is 264 g/mol. The lowest BCUT2D eigenvalue weighted by Gasteiger charge is -2.16. The Morgan fingerprint density at radius 2 is 2.12 bits per heavy atom. The van der Waals surface area contributed by atoms with Crippen LogP contribution in [0.3, 0.4) is 0 Å². The summed E-state index contributed by atoms with van der Waals surface area (Å²) in [6.45, 7) is 0. The first-order valence-electron chi connectivity index (χ1n) is 4.82. The lowest BCUT2D eigenvalue weighted by molar-refractivity contribution is -0.105. The lowest BCUT2D eigenvalue weighted by atomic mass is 10.0. The van der Waals surface area contributed by atoms with Gasteiger partial charge in [-0.05, 0) is 18.1 Å². The molecule has 0 amide bonds. The molecule has 0 bridgehead atoms. The summed E-state index contributed by atoms with van der Waals surface area (Å²) in [5, 5.41) is -2.99. The maximum atomic E-state index is 12.7. The van der Waals surface area contributed by atoms with Crippen LogP contribution in [-0.2, 0) is 23.5 Å². The number of rotatable bonds is 4. The number of hydrogen-bond acceptors (Lipinski definition) is 4. The van der Waals surface area contributed by atoms with E-state index < -0.39 is 15.1 Å². The predicted octanol–water partition coefficient (Wildman–Crippen LogP) is 1.39. The Morgan fingerprint density at radius 1 is 1.47 bits per heavy atom. The molecule has 2 aliphatic rings. The molecule has 0 saturated heterocycles. The standard InChI is InChI=1S/C10H10F2O4S/c1-15-9-4-7(5-13)2-3-8(9)16-17(14)6-10(17,11)12/h4-6H,2-3H2,1H3. The minimum Gasteiger partial charge on any atom is -0.493 e. The minimum absolute atomic E-state index is 0.0940. The van der Waals surface area contributed by atoms with Crippen molar-refractivity contribution >= 4 is 21.5 Å². The summed E-state index contributed by atoms with van der Waals surface area (Å²) in [6, 6.07) is 0. The Bertz CT molecular complexity index is 539. The fourth-order valence-corrected chi connectivity index (χ4v) is 2.61. The Labute approximate surface area is 97.1 Å². The molecule has 1 unspecified atom stereocenters. The second-order valence-corrected chi connectivity index (χ2v) is 5.67. The summed E-state index contributed by atoms with van der Waals surface area (Å²) in [4.78, 5) is 10.6. The second kappa shape index (κ2) is 3.83. The molecule has 2 rings (SSSR count). The van der Waals surface area contributed by atoms with E-state index in [0.717, 1.165) is 0 Å². The maximum Gasteiger partial charge on any atom is 0.374 e. The first-order valence-corrected chi connectivity index (χ1v) is 6.36. The smallest absolute Gasteiger partial charge is 0.374 e. The molecule has 0 N–H and O–H groups in total. The third-order valence-corrected chi connectivity index (χ3v) is 4.12. The Hall–Kier alpha value is -1.37. The largest absolute Gasteiger partial charge is 0.493 e. The molecule has 1 atom stereocenters. The van der Waals surface area contributed by atoms with Crippen LogP contribution in [0.15, 0.2) is 23.2 Å². The van der Waals surface area contributed by atoms with Crippen LogP contribution in [0.5, 0.6) is 0 Å². The van der Waals surface area contributed by atoms with E-state index in [1.165, 1.54) is 13.2 Å². The van der Waals surface area contributed by atoms with Gasteiger partial charge in [-0.2, -0.15) is 8.78 Å². The highest BCUT2D eigenvalue weighted by molar-refractivity contribution is 8.07. The summed E-state index contributed by atoms with van der Waals surface area (Å²) in [5.74, 6) is 0.258. The first kappa shape index (κ1) is 12.1. The Balaban J connectivity index is 2.24. The number of carbonyl (C=O) groups is 1. The highest BCUT2D eigenvalue weighted by atomic mass is 32.2. The molecule has 0 fully saturated rings. The molecule has 1 heterocycles. The molecule has 94 valence electrons. The van der Waals surface area contributed by atoms with Gasteiger partial charge in [-0.3, -0.25) is 4.79 Å². The van der Waals surface area contributed by atoms with Crippen molar-refractivity contribution in [2.75, 3.05) is 7.11 Å². The summed E-state index contributed by atoms with van der Waals surface area (Å²) < 4.78 is 46.6. The van der Waals surface area contributed by atoms with Gasteiger partial charge in [0.25, 0.3) is 0 Å². The molecule has 7 heteroatoms. The molecule has 0 spiro atoms. The quantitative estimate of drug-likeness (QED) is 0.568. The molecular weight excluding hydrogens is 254 g/mol. The van der Waals surface area contributed by atoms with Gasteiger partial charge in [0.15, 0.2) is 21.3 Å². The van der Waals surface area contributed by atoms with Crippen LogP contribution in [0.25, 0.3) is 0 Å². The molecule has 0 aromatic heterocycles. The van der Waals surface area contributed by atoms with Crippen LogP contribution in [0, 0.1) is 0 Å². The zero-order valence-corrected chi connectivity index (χ0v) is 9.76. The zero-order valence-electron chi connectivity index (χ0n) is 8.94. The molecule has 17 heavy (non-hydrogen) atoms. The van der Waals surface area contributed by atoms with Crippen LogP contribution in [-0.4, -0.2) is 28.2 Å². The molecule has 1 aliphatic heterocycles. The topological polar surface area (TPSA) is 52.6 Å². The van der Waals surface area contributed by atoms with Crippen LogP contribution >= 0.6 is 0 Å². The van der Waals surface area contributed by atoms with Crippen LogP contribution in [0.4, 0.5) is 8.78 Å². The monoisotopic (exact) mass is 264 g/mol. The Kier molecular flexibility index (Phi) is 2.73. The highest BCUT2D eigenvalue weighted by Gasteiger charge is 2.57. The maximum absolute atomic E-state index is 12.7. The predicted molar refractivity (Wildman–Crippen MR) is 57.7 cm³/mol. The fraction of sp³-hybridized carbons (Fsp3) is 0.400. The van der Waals surface area contributed by atoms with Gasteiger partial charge in [-0.1, -0.05) is 0 Å². The average Bonchev–Trinajstić information content (AvgIpc) is 2.77. The number of methoxy groups -OCH3 is 1. The summed E-state index contributed by atoms with van der Waals surface area (Å²) >= 11 is 0. The van der Waals surface area contributed by atoms with Crippen LogP contribution < -0.4 is 0 Å². The van der Waals surface area contributed by atoms with Gasteiger partial charge in [0, 0.05) is 6.42 Å². The van der Waals surface area contributed by atoms with Crippen molar-refractivity contribution in [3.05, 3.63) is 23.2 Å². The summed E-state index contributed by atoms with van der Waals surface area (Å²) in [7, 11) is -2.36. The van der Waals surface area contributed by atoms with Crippen molar-refractivity contribution in [2.24, 2.45) is 0 Å². The number of carbonyl (C=O) groups excluding carboxylic acids is 1. The van der Waals surface area contributed by atoms with E-state index in [0.29, 0.717) is 23.6 Å². The molecule has 1 aliphatic carbocycles. The van der Waals surface area contributed by atoms with Gasteiger partial charge < -0.3 is 8.92 Å². The Morgan fingerprint density at radius 3 is 2.59 bits per heavy atom. The van der Waals surface area contributed by atoms with Gasteiger partial charge in [-0.25, -0.2) is 4.21 Å². The number of ether oxygens (including phenoxy) is 1. The summed E-state index contributed by atoms with van der Waals surface area (Å²) in [5.41, 5.74) is 0.482. The van der Waals surface area contributed by atoms with E-state index in [1.807, 2.05) is 0 Å². The number of hydrogen-bond donors (Lipinski definition) is 0. The van der Waals surface area contributed by atoms with Gasteiger partial charge in [-0.15, -0.1) is 0 Å². The molecule has 0 aromatic carbocycles. The van der Waals surface area contributed by atoms with Gasteiger partial charge in [0.2, 0.25) is 0 Å². The fourth-order valence-electron chi connectivity index (χ4n) is 1.44. The number of aldehydes is 1. The van der Waals surface area contributed by atoms with Crippen molar-refractivity contribution < 1.29 is 26.7 Å².